The Hall–Kier alpha value is -8.27. The maximum Gasteiger partial charge on any atom is 0.319 e. The average molecular weight is 1160 g/mol. The number of aliphatic hydroxyl groups excluding tert-OH is 1. The molecule has 8 aromatic rings. The number of nitrogens with zero attached hydrogens (tertiary/aromatic N) is 8. The van der Waals surface area contributed by atoms with E-state index in [9.17, 15) is 33.0 Å². The number of aromatic nitrogens is 6. The van der Waals surface area contributed by atoms with Gasteiger partial charge >= 0.3 is 6.01 Å². The summed E-state index contributed by atoms with van der Waals surface area (Å²) in [7, 11) is 0. The number of β-amino-alcohol motifs (C(OH)–C–C–N with tert-alkyl or cyclic N) is 1. The number of hydrogen-bond donors (Lipinski definition) is 4. The van der Waals surface area contributed by atoms with Crippen molar-refractivity contribution in [2.45, 2.75) is 122 Å². The molecule has 13 rings (SSSR count). The van der Waals surface area contributed by atoms with Crippen LogP contribution in [-0.2, 0) is 27.4 Å². The van der Waals surface area contributed by atoms with Crippen LogP contribution in [0.4, 0.5) is 23.4 Å². The Morgan fingerprint density at radius 2 is 1.64 bits per heavy atom. The number of aryl methyl sites for hydroxylation is 1. The highest BCUT2D eigenvalue weighted by molar-refractivity contribution is 6.04. The predicted molar refractivity (Wildman–Crippen MR) is 311 cm³/mol. The van der Waals surface area contributed by atoms with E-state index >= 15 is 4.39 Å². The molecule has 2 amide bonds. The number of ether oxygens (including phenoxy) is 3. The number of benzene rings is 5. The highest BCUT2D eigenvalue weighted by Crippen LogP contribution is 2.45. The van der Waals surface area contributed by atoms with Crippen molar-refractivity contribution in [2.24, 2.45) is 5.92 Å². The molecular formula is C64H66F4N10O7. The van der Waals surface area contributed by atoms with Crippen LogP contribution in [0.3, 0.4) is 0 Å². The molecule has 6 atom stereocenters. The number of aromatic hydroxyl groups is 1. The molecule has 0 aliphatic carbocycles. The van der Waals surface area contributed by atoms with Gasteiger partial charge in [-0.05, 0) is 102 Å². The summed E-state index contributed by atoms with van der Waals surface area (Å²) in [6.45, 7) is 9.91. The normalized spacial score (nSPS) is 19.8. The van der Waals surface area contributed by atoms with Crippen molar-refractivity contribution in [3.63, 3.8) is 0 Å². The molecule has 0 radical (unpaired) electrons. The molecule has 4 N–H and O–H groups in total. The molecule has 3 aromatic heterocycles. The third-order valence-corrected chi connectivity index (χ3v) is 17.0. The Bertz CT molecular complexity index is 3800. The molecule has 8 heterocycles. The Morgan fingerprint density at radius 3 is 2.40 bits per heavy atom. The minimum atomic E-state index is -1.30. The number of halogens is 4. The first kappa shape index (κ1) is 57.2. The Balaban J connectivity index is 0.816. The lowest BCUT2D eigenvalue weighted by atomic mass is 9.94. The second kappa shape index (κ2) is 24.0. The van der Waals surface area contributed by atoms with E-state index in [1.807, 2.05) is 45.0 Å². The van der Waals surface area contributed by atoms with Gasteiger partial charge in [-0.25, -0.2) is 22.2 Å². The fourth-order valence-corrected chi connectivity index (χ4v) is 12.6. The number of likely N-dealkylation sites (tertiary alicyclic amines) is 1. The molecule has 5 aliphatic heterocycles. The first-order chi connectivity index (χ1) is 41.1. The van der Waals surface area contributed by atoms with E-state index in [2.05, 4.69) is 25.8 Å². The van der Waals surface area contributed by atoms with Gasteiger partial charge in [0.25, 0.3) is 0 Å². The fourth-order valence-electron chi connectivity index (χ4n) is 12.6. The van der Waals surface area contributed by atoms with E-state index in [-0.39, 0.29) is 66.8 Å². The topological polar surface area (TPSA) is 202 Å². The summed E-state index contributed by atoms with van der Waals surface area (Å²) in [4.78, 5) is 47.6. The number of aliphatic hydroxyl groups is 1. The van der Waals surface area contributed by atoms with Gasteiger partial charge in [-0.1, -0.05) is 80.6 Å². The van der Waals surface area contributed by atoms with Crippen LogP contribution in [0.2, 0.25) is 0 Å². The van der Waals surface area contributed by atoms with Gasteiger partial charge in [0.1, 0.15) is 64.9 Å². The number of pyridine rings is 1. The summed E-state index contributed by atoms with van der Waals surface area (Å²) in [5.41, 5.74) is 3.87. The molecule has 85 heavy (non-hydrogen) atoms. The van der Waals surface area contributed by atoms with E-state index in [1.54, 1.807) is 49.6 Å². The molecular weight excluding hydrogens is 1100 g/mol. The zero-order valence-electron chi connectivity index (χ0n) is 47.6. The zero-order valence-corrected chi connectivity index (χ0v) is 47.6. The maximum atomic E-state index is 15.8. The van der Waals surface area contributed by atoms with E-state index in [4.69, 9.17) is 29.2 Å². The lowest BCUT2D eigenvalue weighted by molar-refractivity contribution is -0.142. The molecule has 5 aliphatic rings. The molecule has 2 unspecified atom stereocenters. The summed E-state index contributed by atoms with van der Waals surface area (Å²) in [5.74, 6) is -4.07. The minimum absolute atomic E-state index is 0.00612. The van der Waals surface area contributed by atoms with Crippen LogP contribution in [0, 0.1) is 29.2 Å². The molecule has 17 nitrogen and oxygen atoms in total. The van der Waals surface area contributed by atoms with Gasteiger partial charge in [0.05, 0.1) is 42.5 Å². The second-order valence-electron chi connectivity index (χ2n) is 23.0. The largest absolute Gasteiger partial charge is 0.508 e. The van der Waals surface area contributed by atoms with Crippen molar-refractivity contribution >= 4 is 39.3 Å². The van der Waals surface area contributed by atoms with E-state index < -0.39 is 59.1 Å². The molecule has 0 saturated carbocycles. The van der Waals surface area contributed by atoms with Crippen molar-refractivity contribution in [1.82, 2.24) is 45.5 Å². The fraction of sp³-hybridized carbons (Fsp3) is 0.391. The molecule has 5 fully saturated rings. The molecule has 5 saturated heterocycles. The number of phenols is 1. The Morgan fingerprint density at radius 1 is 0.882 bits per heavy atom. The lowest BCUT2D eigenvalue weighted by Gasteiger charge is -2.39. The van der Waals surface area contributed by atoms with Gasteiger partial charge in [0, 0.05) is 68.3 Å². The lowest BCUT2D eigenvalue weighted by Crippen LogP contribution is -2.54. The van der Waals surface area contributed by atoms with Crippen molar-refractivity contribution in [1.29, 1.82) is 0 Å². The summed E-state index contributed by atoms with van der Waals surface area (Å²) in [6.07, 6.45) is 7.10. The van der Waals surface area contributed by atoms with Crippen molar-refractivity contribution in [3.8, 4) is 51.2 Å². The number of fused-ring (bicyclic) bond motifs is 6. The highest BCUT2D eigenvalue weighted by Gasteiger charge is 2.43. The first-order valence-electron chi connectivity index (χ1n) is 29.2. The number of carbonyl (C=O) groups excluding carboxylic acids is 2. The van der Waals surface area contributed by atoms with Crippen LogP contribution < -0.4 is 25.0 Å². The van der Waals surface area contributed by atoms with Crippen molar-refractivity contribution < 1.29 is 51.6 Å². The van der Waals surface area contributed by atoms with E-state index in [0.29, 0.717) is 99.4 Å². The van der Waals surface area contributed by atoms with Crippen LogP contribution >= 0.6 is 0 Å². The number of nitrogens with one attached hydrogen (secondary N) is 2. The van der Waals surface area contributed by atoms with Crippen LogP contribution in [0.1, 0.15) is 95.0 Å². The molecule has 0 spiro atoms. The maximum absolute atomic E-state index is 15.8. The van der Waals surface area contributed by atoms with Gasteiger partial charge in [-0.2, -0.15) is 9.97 Å². The summed E-state index contributed by atoms with van der Waals surface area (Å²) >= 11 is 0. The van der Waals surface area contributed by atoms with Gasteiger partial charge in [0.2, 0.25) is 11.8 Å². The monoisotopic (exact) mass is 1160 g/mol. The third kappa shape index (κ3) is 11.4. The smallest absolute Gasteiger partial charge is 0.319 e. The second-order valence-corrected chi connectivity index (χ2v) is 23.0. The Kier molecular flexibility index (Phi) is 16.1. The number of piperazine rings is 1. The number of carbonyl (C=O) groups is 2. The molecule has 2 bridgehead atoms. The number of rotatable bonds is 16. The zero-order chi connectivity index (χ0) is 59.2. The number of amides is 2. The van der Waals surface area contributed by atoms with Gasteiger partial charge in [-0.3, -0.25) is 14.6 Å². The first-order valence-corrected chi connectivity index (χ1v) is 29.2. The SMILES string of the molecule is CCc1c(F)ccc2cc(O)cc(-c3ncc4c(N5CC6CCCC5CN6)nc(OC5CCOCC5)nc4c3OCc3ccc(-c4cn([C@H](C(=O)N5C[C@H](O)C[C@H]5C(=O)N[C@@H](C)c5ccc(-c6c(F)ccc(F)c6F)cc5)C(C)C)nn4)cc3)c12. The van der Waals surface area contributed by atoms with Crippen molar-refractivity contribution in [2.75, 3.05) is 37.7 Å². The minimum Gasteiger partial charge on any atom is -0.508 e. The van der Waals surface area contributed by atoms with E-state index in [1.165, 1.54) is 27.8 Å². The number of phenolic OH excluding ortho intramolecular Hbond substituents is 1. The number of anilines is 1. The van der Waals surface area contributed by atoms with Gasteiger partial charge < -0.3 is 44.9 Å². The molecule has 5 aromatic carbocycles. The van der Waals surface area contributed by atoms with Crippen LogP contribution in [-0.4, -0.2) is 120 Å². The molecule has 442 valence electrons. The predicted octanol–water partition coefficient (Wildman–Crippen LogP) is 10.1. The van der Waals surface area contributed by atoms with Gasteiger partial charge in [-0.15, -0.1) is 5.10 Å². The van der Waals surface area contributed by atoms with Crippen molar-refractivity contribution in [3.05, 3.63) is 137 Å². The van der Waals surface area contributed by atoms with E-state index in [0.717, 1.165) is 50.0 Å². The summed E-state index contributed by atoms with van der Waals surface area (Å²) in [6, 6.07) is 19.5. The molecule has 21 heteroatoms. The Labute approximate surface area is 488 Å². The van der Waals surface area contributed by atoms with Crippen LogP contribution in [0.15, 0.2) is 97.3 Å². The average Bonchev–Trinajstić information content (AvgIpc) is 3.76. The number of hydrogen-bond acceptors (Lipinski definition) is 14. The van der Waals surface area contributed by atoms with Crippen LogP contribution in [0.5, 0.6) is 17.5 Å². The third-order valence-electron chi connectivity index (χ3n) is 17.0. The van der Waals surface area contributed by atoms with Crippen LogP contribution in [0.25, 0.3) is 55.3 Å². The summed E-state index contributed by atoms with van der Waals surface area (Å²) in [5, 5.41) is 39.5. The standard InChI is InChI=1S/C64H66F4N10O7/c1-5-46-49(65)18-17-40-25-43(79)26-47(54(40)46)57-60(58-48(29-70-57)61(76-30-41-7-6-8-42(76)28-69-41)73-64(72-58)85-45-21-23-83-24-22-45)84-33-36-9-11-38(12-10-36)52-32-78(75-74-52)59(34(2)3)63(82)77-31-44(80)27-53(77)62(81)71-35(4)37-13-15-39(16-14-37)55-50(66)19-20-51(67)56(55)68/h9-20,25-26,29,32,34-35,41-42,44-45,53,59,69,79-80H,5-8,21-24,27-28,30-31,33H2,1-4H3,(H,71,81)/t35-,41?,42?,44+,53-,59-/m0/s1. The quantitative estimate of drug-likeness (QED) is 0.0526. The summed E-state index contributed by atoms with van der Waals surface area (Å²) < 4.78 is 79.5. The highest BCUT2D eigenvalue weighted by atomic mass is 19.2. The van der Waals surface area contributed by atoms with Gasteiger partial charge in [0.15, 0.2) is 17.4 Å².